The van der Waals surface area contributed by atoms with Gasteiger partial charge < -0.3 is 9.64 Å². The van der Waals surface area contributed by atoms with Crippen LogP contribution in [0.25, 0.3) is 0 Å². The van der Waals surface area contributed by atoms with Gasteiger partial charge in [0.1, 0.15) is 11.8 Å². The standard InChI is InChI=1S/C17H21N3O3S/c1-12-7-8-14(10-16(12)19(3)4)24(21,22)20-11-13(2)23-17-15(20)6-5-9-18-17/h5-10,13H,11H2,1-4H3/t13-/m1/s1. The number of sulfonamides is 1. The van der Waals surface area contributed by atoms with Crippen molar-refractivity contribution >= 4 is 21.4 Å². The molecular weight excluding hydrogens is 326 g/mol. The highest BCUT2D eigenvalue weighted by Crippen LogP contribution is 2.35. The van der Waals surface area contributed by atoms with Gasteiger partial charge in [0.2, 0.25) is 5.88 Å². The fourth-order valence-corrected chi connectivity index (χ4v) is 4.37. The molecule has 2 heterocycles. The highest BCUT2D eigenvalue weighted by Gasteiger charge is 2.33. The average molecular weight is 347 g/mol. The van der Waals surface area contributed by atoms with Crippen LogP contribution in [0.2, 0.25) is 0 Å². The lowest BCUT2D eigenvalue weighted by Gasteiger charge is -2.33. The maximum Gasteiger partial charge on any atom is 0.264 e. The number of benzene rings is 1. The molecule has 3 rings (SSSR count). The molecule has 0 spiro atoms. The lowest BCUT2D eigenvalue weighted by molar-refractivity contribution is 0.210. The smallest absolute Gasteiger partial charge is 0.264 e. The highest BCUT2D eigenvalue weighted by molar-refractivity contribution is 7.92. The predicted octanol–water partition coefficient (Wildman–Crippen LogP) is 2.43. The van der Waals surface area contributed by atoms with Crippen molar-refractivity contribution in [2.24, 2.45) is 0 Å². The minimum atomic E-state index is -3.69. The quantitative estimate of drug-likeness (QED) is 0.853. The van der Waals surface area contributed by atoms with Gasteiger partial charge >= 0.3 is 0 Å². The van der Waals surface area contributed by atoms with Gasteiger partial charge in [0.15, 0.2) is 0 Å². The lowest BCUT2D eigenvalue weighted by atomic mass is 10.2. The van der Waals surface area contributed by atoms with E-state index in [1.165, 1.54) is 4.31 Å². The van der Waals surface area contributed by atoms with Gasteiger partial charge in [0.25, 0.3) is 10.0 Å². The molecule has 24 heavy (non-hydrogen) atoms. The van der Waals surface area contributed by atoms with Crippen molar-refractivity contribution in [1.82, 2.24) is 4.98 Å². The van der Waals surface area contributed by atoms with Crippen LogP contribution in [0.5, 0.6) is 5.88 Å². The van der Waals surface area contributed by atoms with Gasteiger partial charge in [0.05, 0.1) is 11.4 Å². The van der Waals surface area contributed by atoms with Gasteiger partial charge in [-0.25, -0.2) is 13.4 Å². The maximum atomic E-state index is 13.2. The molecule has 1 atom stereocenters. The second-order valence-corrected chi connectivity index (χ2v) is 8.00. The second-order valence-electron chi connectivity index (χ2n) is 6.14. The molecule has 0 saturated heterocycles. The lowest BCUT2D eigenvalue weighted by Crippen LogP contribution is -2.42. The van der Waals surface area contributed by atoms with Crippen molar-refractivity contribution in [2.45, 2.75) is 24.8 Å². The Morgan fingerprint density at radius 3 is 2.75 bits per heavy atom. The number of fused-ring (bicyclic) bond motifs is 1. The molecule has 1 aliphatic heterocycles. The van der Waals surface area contributed by atoms with E-state index < -0.39 is 10.0 Å². The molecule has 128 valence electrons. The Balaban J connectivity index is 2.10. The molecule has 6 nitrogen and oxygen atoms in total. The van der Waals surface area contributed by atoms with Crippen LogP contribution in [-0.4, -0.2) is 40.1 Å². The van der Waals surface area contributed by atoms with Crippen LogP contribution >= 0.6 is 0 Å². The number of hydrogen-bond acceptors (Lipinski definition) is 5. The monoisotopic (exact) mass is 347 g/mol. The fourth-order valence-electron chi connectivity index (χ4n) is 2.81. The zero-order valence-corrected chi connectivity index (χ0v) is 15.0. The number of rotatable bonds is 3. The summed E-state index contributed by atoms with van der Waals surface area (Å²) in [6, 6.07) is 8.61. The van der Waals surface area contributed by atoms with Crippen LogP contribution in [0.4, 0.5) is 11.4 Å². The van der Waals surface area contributed by atoms with Crippen molar-refractivity contribution in [3.05, 3.63) is 42.1 Å². The Kier molecular flexibility index (Phi) is 4.13. The van der Waals surface area contributed by atoms with Gasteiger partial charge in [-0.05, 0) is 43.7 Å². The van der Waals surface area contributed by atoms with Gasteiger partial charge in [-0.3, -0.25) is 4.31 Å². The van der Waals surface area contributed by atoms with E-state index in [2.05, 4.69) is 4.98 Å². The van der Waals surface area contributed by atoms with E-state index in [4.69, 9.17) is 4.74 Å². The van der Waals surface area contributed by atoms with Crippen LogP contribution in [-0.2, 0) is 10.0 Å². The summed E-state index contributed by atoms with van der Waals surface area (Å²) in [5.41, 5.74) is 2.38. The van der Waals surface area contributed by atoms with E-state index in [0.717, 1.165) is 11.3 Å². The van der Waals surface area contributed by atoms with Crippen molar-refractivity contribution in [2.75, 3.05) is 29.8 Å². The minimum Gasteiger partial charge on any atom is -0.471 e. The zero-order valence-electron chi connectivity index (χ0n) is 14.2. The molecule has 0 fully saturated rings. The van der Waals surface area contributed by atoms with Gasteiger partial charge in [-0.2, -0.15) is 0 Å². The van der Waals surface area contributed by atoms with Gasteiger partial charge in [-0.1, -0.05) is 6.07 Å². The summed E-state index contributed by atoms with van der Waals surface area (Å²) in [5.74, 6) is 0.347. The third-order valence-corrected chi connectivity index (χ3v) is 5.78. The van der Waals surface area contributed by atoms with Crippen LogP contribution in [0.15, 0.2) is 41.4 Å². The highest BCUT2D eigenvalue weighted by atomic mass is 32.2. The van der Waals surface area contributed by atoms with Gasteiger partial charge in [0, 0.05) is 26.0 Å². The zero-order chi connectivity index (χ0) is 17.5. The fraction of sp³-hybridized carbons (Fsp3) is 0.353. The number of ether oxygens (including phenoxy) is 1. The van der Waals surface area contributed by atoms with E-state index in [9.17, 15) is 8.42 Å². The van der Waals surface area contributed by atoms with Crippen LogP contribution < -0.4 is 13.9 Å². The molecule has 1 aliphatic rings. The third kappa shape index (κ3) is 2.80. The number of hydrogen-bond donors (Lipinski definition) is 0. The number of aryl methyl sites for hydroxylation is 1. The molecule has 0 bridgehead atoms. The number of anilines is 2. The summed E-state index contributed by atoms with van der Waals surface area (Å²) in [7, 11) is 0.101. The Bertz CT molecular complexity index is 865. The van der Waals surface area contributed by atoms with Crippen molar-refractivity contribution in [3.63, 3.8) is 0 Å². The molecule has 2 aromatic rings. The van der Waals surface area contributed by atoms with E-state index >= 15 is 0 Å². The molecule has 1 aromatic carbocycles. The Morgan fingerprint density at radius 1 is 1.29 bits per heavy atom. The van der Waals surface area contributed by atoms with Crippen LogP contribution in [0.3, 0.4) is 0 Å². The minimum absolute atomic E-state index is 0.256. The molecular formula is C17H21N3O3S. The molecule has 0 amide bonds. The number of pyridine rings is 1. The summed E-state index contributed by atoms with van der Waals surface area (Å²) < 4.78 is 33.4. The van der Waals surface area contributed by atoms with Crippen LogP contribution in [0, 0.1) is 6.92 Å². The molecule has 0 aliphatic carbocycles. The summed E-state index contributed by atoms with van der Waals surface area (Å²) in [6.45, 7) is 4.05. The van der Waals surface area contributed by atoms with Crippen LogP contribution in [0.1, 0.15) is 12.5 Å². The Hall–Kier alpha value is -2.28. The van der Waals surface area contributed by atoms with E-state index in [1.807, 2.05) is 38.9 Å². The third-order valence-electron chi connectivity index (χ3n) is 4.01. The van der Waals surface area contributed by atoms with Crippen molar-refractivity contribution in [1.29, 1.82) is 0 Å². The van der Waals surface area contributed by atoms with E-state index in [-0.39, 0.29) is 17.5 Å². The van der Waals surface area contributed by atoms with E-state index in [0.29, 0.717) is 11.6 Å². The second kappa shape index (κ2) is 5.98. The first-order chi connectivity index (χ1) is 11.3. The molecule has 0 radical (unpaired) electrons. The summed E-state index contributed by atoms with van der Waals surface area (Å²) in [6.07, 6.45) is 1.33. The maximum absolute atomic E-state index is 13.2. The average Bonchev–Trinajstić information content (AvgIpc) is 2.53. The summed E-state index contributed by atoms with van der Waals surface area (Å²) in [5, 5.41) is 0. The number of aromatic nitrogens is 1. The largest absolute Gasteiger partial charge is 0.471 e. The SMILES string of the molecule is Cc1ccc(S(=O)(=O)N2C[C@@H](C)Oc3ncccc32)cc1N(C)C. The molecule has 0 N–H and O–H groups in total. The summed E-state index contributed by atoms with van der Waals surface area (Å²) >= 11 is 0. The van der Waals surface area contributed by atoms with E-state index in [1.54, 1.807) is 30.5 Å². The Labute approximate surface area is 142 Å². The first-order valence-corrected chi connectivity index (χ1v) is 9.17. The predicted molar refractivity (Wildman–Crippen MR) is 94.4 cm³/mol. The number of nitrogens with zero attached hydrogens (tertiary/aromatic N) is 3. The first kappa shape index (κ1) is 16.6. The van der Waals surface area contributed by atoms with Crippen molar-refractivity contribution < 1.29 is 13.2 Å². The first-order valence-electron chi connectivity index (χ1n) is 7.73. The Morgan fingerprint density at radius 2 is 2.04 bits per heavy atom. The summed E-state index contributed by atoms with van der Waals surface area (Å²) in [4.78, 5) is 6.32. The molecule has 0 unspecified atom stereocenters. The van der Waals surface area contributed by atoms with Gasteiger partial charge in [-0.15, -0.1) is 0 Å². The normalized spacial score (nSPS) is 17.2. The molecule has 1 aromatic heterocycles. The molecule has 7 heteroatoms. The molecule has 0 saturated carbocycles. The van der Waals surface area contributed by atoms with Crippen molar-refractivity contribution in [3.8, 4) is 5.88 Å². The topological polar surface area (TPSA) is 62.7 Å².